The van der Waals surface area contributed by atoms with Crippen molar-refractivity contribution >= 4 is 17.1 Å². The second kappa shape index (κ2) is 3.12. The lowest BCUT2D eigenvalue weighted by molar-refractivity contribution is 0.0186. The molecule has 0 amide bonds. The highest BCUT2D eigenvalue weighted by molar-refractivity contribution is 7.80. The van der Waals surface area contributed by atoms with E-state index in [4.69, 9.17) is 10.2 Å². The summed E-state index contributed by atoms with van der Waals surface area (Å²) < 4.78 is 0. The van der Waals surface area contributed by atoms with Gasteiger partial charge in [0.25, 0.3) is 0 Å². The maximum absolute atomic E-state index is 8.41. The summed E-state index contributed by atoms with van der Waals surface area (Å²) in [5, 5.41) is 16.8. The largest absolute Gasteiger partial charge is 0.364 e. The van der Waals surface area contributed by atoms with E-state index < -0.39 is 6.29 Å². The van der Waals surface area contributed by atoms with Crippen molar-refractivity contribution in [3.8, 4) is 0 Å². The van der Waals surface area contributed by atoms with Gasteiger partial charge in [-0.2, -0.15) is 0 Å². The molecule has 0 heterocycles. The van der Waals surface area contributed by atoms with Gasteiger partial charge in [-0.1, -0.05) is 26.1 Å². The van der Waals surface area contributed by atoms with Crippen LogP contribution in [0, 0.1) is 5.92 Å². The molecule has 3 heteroatoms. The lowest BCUT2D eigenvalue weighted by Crippen LogP contribution is -2.21. The number of thiocarbonyl (C=S) groups is 1. The van der Waals surface area contributed by atoms with Crippen molar-refractivity contribution in [2.45, 2.75) is 20.1 Å². The Morgan fingerprint density at radius 2 is 1.75 bits per heavy atom. The predicted molar refractivity (Wildman–Crippen MR) is 35.7 cm³/mol. The van der Waals surface area contributed by atoms with Gasteiger partial charge in [0, 0.05) is 0 Å². The normalized spacial score (nSPS) is 10.8. The summed E-state index contributed by atoms with van der Waals surface area (Å²) in [6.07, 6.45) is -1.43. The van der Waals surface area contributed by atoms with Gasteiger partial charge in [-0.3, -0.25) is 0 Å². The molecule has 0 saturated carbocycles. The average molecular weight is 134 g/mol. The Kier molecular flexibility index (Phi) is 3.12. The van der Waals surface area contributed by atoms with Crippen LogP contribution in [-0.2, 0) is 0 Å². The molecule has 0 spiro atoms. The van der Waals surface area contributed by atoms with Crippen LogP contribution in [0.3, 0.4) is 0 Å². The molecule has 0 aliphatic heterocycles. The van der Waals surface area contributed by atoms with Crippen LogP contribution in [0.1, 0.15) is 13.8 Å². The molecule has 2 N–H and O–H groups in total. The van der Waals surface area contributed by atoms with Gasteiger partial charge in [0.15, 0.2) is 6.29 Å². The Hall–Kier alpha value is 0.0100. The molecule has 48 valence electrons. The van der Waals surface area contributed by atoms with E-state index in [-0.39, 0.29) is 5.92 Å². The molecule has 0 atom stereocenters. The number of hydrogen-bond donors (Lipinski definition) is 2. The maximum atomic E-state index is 8.41. The molecule has 0 fully saturated rings. The van der Waals surface area contributed by atoms with Crippen LogP contribution in [0.15, 0.2) is 0 Å². The zero-order valence-corrected chi connectivity index (χ0v) is 5.77. The Bertz CT molecular complexity index is 78.4. The van der Waals surface area contributed by atoms with Crippen molar-refractivity contribution in [1.29, 1.82) is 0 Å². The number of aliphatic hydroxyl groups is 2. The maximum Gasteiger partial charge on any atom is 0.185 e. The molecule has 2 nitrogen and oxygen atoms in total. The summed E-state index contributed by atoms with van der Waals surface area (Å²) in [6, 6.07) is 0. The van der Waals surface area contributed by atoms with Gasteiger partial charge in [-0.05, 0) is 5.92 Å². The van der Waals surface area contributed by atoms with Crippen molar-refractivity contribution in [1.82, 2.24) is 0 Å². The lowest BCUT2D eigenvalue weighted by atomic mass is 10.1. The topological polar surface area (TPSA) is 40.5 Å². The molecule has 0 aliphatic rings. The molecule has 0 aliphatic carbocycles. The third-order valence-electron chi connectivity index (χ3n) is 0.824. The van der Waals surface area contributed by atoms with Gasteiger partial charge >= 0.3 is 0 Å². The SMILES string of the molecule is CC(C)C(=S)C(O)O. The molecule has 8 heavy (non-hydrogen) atoms. The van der Waals surface area contributed by atoms with Crippen LogP contribution in [0.4, 0.5) is 0 Å². The summed E-state index contributed by atoms with van der Waals surface area (Å²) >= 11 is 4.60. The van der Waals surface area contributed by atoms with Crippen LogP contribution in [0.2, 0.25) is 0 Å². The lowest BCUT2D eigenvalue weighted by Gasteiger charge is -2.07. The molecule has 0 aromatic rings. The van der Waals surface area contributed by atoms with Crippen LogP contribution < -0.4 is 0 Å². The fourth-order valence-electron chi connectivity index (χ4n) is 0.298. The highest BCUT2D eigenvalue weighted by Crippen LogP contribution is 1.99. The predicted octanol–water partition coefficient (Wildman–Crippen LogP) is 0.323. The van der Waals surface area contributed by atoms with Crippen molar-refractivity contribution in [2.75, 3.05) is 0 Å². The Morgan fingerprint density at radius 3 is 1.75 bits per heavy atom. The van der Waals surface area contributed by atoms with E-state index in [1.54, 1.807) is 0 Å². The number of hydrogen-bond acceptors (Lipinski definition) is 3. The molecule has 0 radical (unpaired) electrons. The first-order chi connectivity index (χ1) is 3.55. The summed E-state index contributed by atoms with van der Waals surface area (Å²) in [7, 11) is 0. The minimum absolute atomic E-state index is 0.0741. The van der Waals surface area contributed by atoms with E-state index in [0.717, 1.165) is 0 Å². The molecule has 0 aromatic heterocycles. The molecular formula is C5H10O2S. The smallest absolute Gasteiger partial charge is 0.185 e. The Balaban J connectivity index is 3.65. The van der Waals surface area contributed by atoms with Crippen LogP contribution in [-0.4, -0.2) is 21.4 Å². The van der Waals surface area contributed by atoms with E-state index in [2.05, 4.69) is 12.2 Å². The van der Waals surface area contributed by atoms with Gasteiger partial charge in [0.05, 0.1) is 4.86 Å². The summed E-state index contributed by atoms with van der Waals surface area (Å²) in [6.45, 7) is 3.64. The third-order valence-corrected chi connectivity index (χ3v) is 1.51. The second-order valence-electron chi connectivity index (χ2n) is 1.93. The number of aliphatic hydroxyl groups excluding tert-OH is 1. The van der Waals surface area contributed by atoms with Gasteiger partial charge in [0.1, 0.15) is 0 Å². The first-order valence-corrected chi connectivity index (χ1v) is 2.86. The molecule has 0 saturated heterocycles. The molecule has 0 bridgehead atoms. The van der Waals surface area contributed by atoms with Crippen molar-refractivity contribution in [3.05, 3.63) is 0 Å². The van der Waals surface area contributed by atoms with Crippen LogP contribution in [0.25, 0.3) is 0 Å². The fraction of sp³-hybridized carbons (Fsp3) is 0.800. The van der Waals surface area contributed by atoms with Crippen LogP contribution >= 0.6 is 12.2 Å². The first-order valence-electron chi connectivity index (χ1n) is 2.45. The van der Waals surface area contributed by atoms with E-state index >= 15 is 0 Å². The van der Waals surface area contributed by atoms with Crippen molar-refractivity contribution < 1.29 is 10.2 Å². The van der Waals surface area contributed by atoms with E-state index in [9.17, 15) is 0 Å². The minimum atomic E-state index is -1.43. The van der Waals surface area contributed by atoms with E-state index in [1.807, 2.05) is 13.8 Å². The Labute approximate surface area is 54.1 Å². The number of rotatable bonds is 2. The monoisotopic (exact) mass is 134 g/mol. The molecular weight excluding hydrogens is 124 g/mol. The van der Waals surface area contributed by atoms with Crippen LogP contribution in [0.5, 0.6) is 0 Å². The van der Waals surface area contributed by atoms with Crippen molar-refractivity contribution in [2.24, 2.45) is 5.92 Å². The van der Waals surface area contributed by atoms with Gasteiger partial charge in [0.2, 0.25) is 0 Å². The average Bonchev–Trinajstić information content (AvgIpc) is 1.64. The molecule has 0 aromatic carbocycles. The minimum Gasteiger partial charge on any atom is -0.364 e. The van der Waals surface area contributed by atoms with Gasteiger partial charge in [-0.15, -0.1) is 0 Å². The highest BCUT2D eigenvalue weighted by Gasteiger charge is 2.08. The quantitative estimate of drug-likeness (QED) is 0.422. The van der Waals surface area contributed by atoms with Gasteiger partial charge < -0.3 is 10.2 Å². The summed E-state index contributed by atoms with van der Waals surface area (Å²) in [5.41, 5.74) is 0. The Morgan fingerprint density at radius 1 is 1.38 bits per heavy atom. The van der Waals surface area contributed by atoms with Gasteiger partial charge in [-0.25, -0.2) is 0 Å². The fourth-order valence-corrected chi connectivity index (χ4v) is 0.298. The zero-order valence-electron chi connectivity index (χ0n) is 4.96. The highest BCUT2D eigenvalue weighted by atomic mass is 32.1. The standard InChI is InChI=1S/C5H10O2S/c1-3(2)4(8)5(6)7/h3,5-7H,1-2H3. The first kappa shape index (κ1) is 8.01. The van der Waals surface area contributed by atoms with Crippen molar-refractivity contribution in [3.63, 3.8) is 0 Å². The zero-order chi connectivity index (χ0) is 6.73. The second-order valence-corrected chi connectivity index (χ2v) is 2.40. The third kappa shape index (κ3) is 2.35. The molecule has 0 unspecified atom stereocenters. The van der Waals surface area contributed by atoms with E-state index in [0.29, 0.717) is 4.86 Å². The summed E-state index contributed by atoms with van der Waals surface area (Å²) in [4.78, 5) is 0.296. The summed E-state index contributed by atoms with van der Waals surface area (Å²) in [5.74, 6) is 0.0741. The van der Waals surface area contributed by atoms with E-state index in [1.165, 1.54) is 0 Å². The molecule has 0 rings (SSSR count).